The Kier molecular flexibility index (Phi) is 7.06. The van der Waals surface area contributed by atoms with E-state index in [0.717, 1.165) is 19.3 Å². The SMILES string of the molecule is C=C(C)C(=O)Nc1cc(F)ccc1Nc1nc(NC2CCCC(C(N)=O)C2)ncc1Cl. The van der Waals surface area contributed by atoms with E-state index < -0.39 is 11.7 Å². The lowest BCUT2D eigenvalue weighted by molar-refractivity contribution is -0.122. The molecule has 8 nitrogen and oxygen atoms in total. The zero-order valence-electron chi connectivity index (χ0n) is 17.0. The molecule has 1 saturated carbocycles. The Bertz CT molecular complexity index is 1020. The van der Waals surface area contributed by atoms with Gasteiger partial charge >= 0.3 is 0 Å². The number of carbonyl (C=O) groups is 2. The number of primary amides is 1. The largest absolute Gasteiger partial charge is 0.369 e. The molecule has 164 valence electrons. The average molecular weight is 447 g/mol. The summed E-state index contributed by atoms with van der Waals surface area (Å²) in [6.45, 7) is 5.13. The maximum absolute atomic E-state index is 13.7. The number of nitrogens with two attached hydrogens (primary N) is 1. The van der Waals surface area contributed by atoms with Crippen LogP contribution in [0.4, 0.5) is 27.5 Å². The maximum Gasteiger partial charge on any atom is 0.250 e. The van der Waals surface area contributed by atoms with E-state index in [4.69, 9.17) is 17.3 Å². The van der Waals surface area contributed by atoms with E-state index in [-0.39, 0.29) is 40.0 Å². The summed E-state index contributed by atoms with van der Waals surface area (Å²) in [6, 6.07) is 3.91. The summed E-state index contributed by atoms with van der Waals surface area (Å²) in [6.07, 6.45) is 4.58. The fourth-order valence-corrected chi connectivity index (χ4v) is 3.51. The van der Waals surface area contributed by atoms with Crippen LogP contribution in [0.2, 0.25) is 5.02 Å². The van der Waals surface area contributed by atoms with Crippen molar-refractivity contribution >= 4 is 46.6 Å². The van der Waals surface area contributed by atoms with Crippen LogP contribution in [0.5, 0.6) is 0 Å². The Morgan fingerprint density at radius 2 is 2.06 bits per heavy atom. The second-order valence-electron chi connectivity index (χ2n) is 7.55. The molecule has 1 aromatic heterocycles. The van der Waals surface area contributed by atoms with Crippen molar-refractivity contribution in [3.05, 3.63) is 47.4 Å². The van der Waals surface area contributed by atoms with Gasteiger partial charge in [0, 0.05) is 17.5 Å². The molecule has 0 spiro atoms. The minimum Gasteiger partial charge on any atom is -0.369 e. The van der Waals surface area contributed by atoms with Gasteiger partial charge in [0.05, 0.1) is 17.6 Å². The molecule has 5 N–H and O–H groups in total. The minimum absolute atomic E-state index is 0.0107. The molecule has 3 rings (SSSR count). The fraction of sp³-hybridized carbons (Fsp3) is 0.333. The van der Waals surface area contributed by atoms with Crippen molar-refractivity contribution in [2.45, 2.75) is 38.6 Å². The van der Waals surface area contributed by atoms with Gasteiger partial charge in [-0.05, 0) is 44.4 Å². The Balaban J connectivity index is 1.79. The molecule has 2 unspecified atom stereocenters. The molecule has 1 aliphatic carbocycles. The van der Waals surface area contributed by atoms with Crippen molar-refractivity contribution in [2.75, 3.05) is 16.0 Å². The number of hydrogen-bond donors (Lipinski definition) is 4. The number of aromatic nitrogens is 2. The van der Waals surface area contributed by atoms with Crippen LogP contribution in [0, 0.1) is 11.7 Å². The van der Waals surface area contributed by atoms with Crippen molar-refractivity contribution in [3.63, 3.8) is 0 Å². The molecule has 1 aliphatic rings. The first kappa shape index (κ1) is 22.5. The first-order chi connectivity index (χ1) is 14.7. The molecule has 2 aromatic rings. The molecule has 10 heteroatoms. The fourth-order valence-electron chi connectivity index (χ4n) is 3.37. The second kappa shape index (κ2) is 9.74. The highest BCUT2D eigenvalue weighted by Crippen LogP contribution is 2.31. The molecule has 0 aliphatic heterocycles. The van der Waals surface area contributed by atoms with Crippen LogP contribution in [0.25, 0.3) is 0 Å². The number of benzene rings is 1. The van der Waals surface area contributed by atoms with Gasteiger partial charge in [0.15, 0.2) is 5.82 Å². The van der Waals surface area contributed by atoms with Crippen LogP contribution in [0.3, 0.4) is 0 Å². The van der Waals surface area contributed by atoms with E-state index in [1.165, 1.54) is 24.4 Å². The Hall–Kier alpha value is -3.20. The highest BCUT2D eigenvalue weighted by Gasteiger charge is 2.26. The van der Waals surface area contributed by atoms with E-state index >= 15 is 0 Å². The van der Waals surface area contributed by atoms with Crippen LogP contribution in [0.1, 0.15) is 32.6 Å². The molecular weight excluding hydrogens is 423 g/mol. The summed E-state index contributed by atoms with van der Waals surface area (Å²) >= 11 is 6.24. The van der Waals surface area contributed by atoms with Crippen LogP contribution in [0.15, 0.2) is 36.5 Å². The van der Waals surface area contributed by atoms with Crippen LogP contribution < -0.4 is 21.7 Å². The third-order valence-electron chi connectivity index (χ3n) is 5.02. The first-order valence-electron chi connectivity index (χ1n) is 9.84. The van der Waals surface area contributed by atoms with Crippen molar-refractivity contribution in [1.82, 2.24) is 9.97 Å². The van der Waals surface area contributed by atoms with Gasteiger partial charge in [0.2, 0.25) is 11.9 Å². The number of nitrogens with zero attached hydrogens (tertiary/aromatic N) is 2. The molecule has 1 fully saturated rings. The molecule has 31 heavy (non-hydrogen) atoms. The highest BCUT2D eigenvalue weighted by atomic mass is 35.5. The maximum atomic E-state index is 13.7. The van der Waals surface area contributed by atoms with Crippen LogP contribution in [-0.4, -0.2) is 27.8 Å². The van der Waals surface area contributed by atoms with Crippen molar-refractivity contribution in [3.8, 4) is 0 Å². The molecule has 1 heterocycles. The van der Waals surface area contributed by atoms with Gasteiger partial charge in [-0.15, -0.1) is 0 Å². The average Bonchev–Trinajstić information content (AvgIpc) is 2.72. The number of nitrogens with one attached hydrogen (secondary N) is 3. The highest BCUT2D eigenvalue weighted by molar-refractivity contribution is 6.33. The third kappa shape index (κ3) is 5.91. The standard InChI is InChI=1S/C21H24ClFN6O2/c1-11(2)20(31)28-17-9-13(23)6-7-16(17)27-19-15(22)10-25-21(29-19)26-14-5-3-4-12(8-14)18(24)30/h6-7,9-10,12,14H,1,3-5,8H2,2H3,(H2,24,30)(H,28,31)(H2,25,26,27,29). The molecule has 2 amide bonds. The first-order valence-corrected chi connectivity index (χ1v) is 10.2. The van der Waals surface area contributed by atoms with Gasteiger partial charge in [-0.2, -0.15) is 4.98 Å². The quantitative estimate of drug-likeness (QED) is 0.477. The van der Waals surface area contributed by atoms with Gasteiger partial charge in [0.25, 0.3) is 5.91 Å². The van der Waals surface area contributed by atoms with Gasteiger partial charge in [-0.25, -0.2) is 9.37 Å². The smallest absolute Gasteiger partial charge is 0.250 e. The van der Waals surface area contributed by atoms with Crippen LogP contribution in [-0.2, 0) is 9.59 Å². The van der Waals surface area contributed by atoms with Crippen molar-refractivity contribution in [1.29, 1.82) is 0 Å². The molecule has 0 bridgehead atoms. The predicted molar refractivity (Wildman–Crippen MR) is 119 cm³/mol. The number of carbonyl (C=O) groups excluding carboxylic acids is 2. The lowest BCUT2D eigenvalue weighted by Crippen LogP contribution is -2.34. The predicted octanol–water partition coefficient (Wildman–Crippen LogP) is 3.98. The van der Waals surface area contributed by atoms with E-state index in [0.29, 0.717) is 18.1 Å². The van der Waals surface area contributed by atoms with Gasteiger partial charge in [-0.1, -0.05) is 24.6 Å². The Morgan fingerprint density at radius 1 is 1.29 bits per heavy atom. The van der Waals surface area contributed by atoms with Gasteiger partial charge in [-0.3, -0.25) is 9.59 Å². The van der Waals surface area contributed by atoms with Crippen molar-refractivity contribution in [2.24, 2.45) is 11.7 Å². The zero-order chi connectivity index (χ0) is 22.5. The molecule has 1 aromatic carbocycles. The minimum atomic E-state index is -0.514. The number of halogens is 2. The third-order valence-corrected chi connectivity index (χ3v) is 5.30. The summed E-state index contributed by atoms with van der Waals surface area (Å²) in [7, 11) is 0. The zero-order valence-corrected chi connectivity index (χ0v) is 17.8. The molecular formula is C21H24ClFN6O2. The lowest BCUT2D eigenvalue weighted by atomic mass is 9.85. The number of hydrogen-bond acceptors (Lipinski definition) is 6. The van der Waals surface area contributed by atoms with E-state index in [9.17, 15) is 14.0 Å². The Labute approximate surface area is 184 Å². The summed E-state index contributed by atoms with van der Waals surface area (Å²) in [5.41, 5.74) is 6.34. The van der Waals surface area contributed by atoms with Gasteiger partial charge < -0.3 is 21.7 Å². The second-order valence-corrected chi connectivity index (χ2v) is 7.95. The Morgan fingerprint density at radius 3 is 2.77 bits per heavy atom. The molecule has 0 radical (unpaired) electrons. The number of amides is 2. The van der Waals surface area contributed by atoms with Gasteiger partial charge in [0.1, 0.15) is 10.8 Å². The summed E-state index contributed by atoms with van der Waals surface area (Å²) in [5, 5.41) is 9.07. The topological polar surface area (TPSA) is 122 Å². The summed E-state index contributed by atoms with van der Waals surface area (Å²) < 4.78 is 13.7. The number of rotatable bonds is 7. The molecule has 2 atom stereocenters. The number of anilines is 4. The van der Waals surface area contributed by atoms with E-state index in [1.807, 2.05) is 0 Å². The van der Waals surface area contributed by atoms with E-state index in [1.54, 1.807) is 6.92 Å². The lowest BCUT2D eigenvalue weighted by Gasteiger charge is -2.28. The summed E-state index contributed by atoms with van der Waals surface area (Å²) in [5.74, 6) is -0.817. The normalized spacial score (nSPS) is 18.2. The van der Waals surface area contributed by atoms with E-state index in [2.05, 4.69) is 32.5 Å². The monoisotopic (exact) mass is 446 g/mol. The molecule has 0 saturated heterocycles. The van der Waals surface area contributed by atoms with Crippen molar-refractivity contribution < 1.29 is 14.0 Å². The van der Waals surface area contributed by atoms with Crippen LogP contribution >= 0.6 is 11.6 Å². The summed E-state index contributed by atoms with van der Waals surface area (Å²) in [4.78, 5) is 32.1.